The highest BCUT2D eigenvalue weighted by atomic mass is 32.2. The van der Waals surface area contributed by atoms with Crippen molar-refractivity contribution in [1.82, 2.24) is 9.62 Å². The molecule has 1 saturated heterocycles. The van der Waals surface area contributed by atoms with Crippen LogP contribution in [-0.2, 0) is 27.7 Å². The zero-order chi connectivity index (χ0) is 24.0. The van der Waals surface area contributed by atoms with Crippen molar-refractivity contribution in [2.45, 2.75) is 43.5 Å². The molecular weight excluding hydrogens is 444 g/mol. The van der Waals surface area contributed by atoms with Crippen molar-refractivity contribution >= 4 is 15.9 Å². The standard InChI is InChI=1S/C28H32N2O3S/c1-22-12-14-26(15-13-22)34(32,33)29-27(21-24-10-6-3-7-11-24)28(31)30-18-16-25(17-19-30)20-23-8-4-2-5-9-23/h2-15,25,27,29H,16-21H2,1H3/t27-/m0/s1. The maximum atomic E-state index is 13.5. The van der Waals surface area contributed by atoms with Crippen molar-refractivity contribution in [3.8, 4) is 0 Å². The fourth-order valence-electron chi connectivity index (χ4n) is 4.53. The van der Waals surface area contributed by atoms with Crippen molar-refractivity contribution < 1.29 is 13.2 Å². The van der Waals surface area contributed by atoms with Crippen LogP contribution >= 0.6 is 0 Å². The molecule has 1 heterocycles. The highest BCUT2D eigenvalue weighted by Crippen LogP contribution is 2.23. The van der Waals surface area contributed by atoms with E-state index in [1.807, 2.05) is 48.2 Å². The third-order valence-corrected chi connectivity index (χ3v) is 7.99. The number of benzene rings is 3. The number of sulfonamides is 1. The van der Waals surface area contributed by atoms with E-state index in [0.717, 1.165) is 30.4 Å². The minimum Gasteiger partial charge on any atom is -0.341 e. The Morgan fingerprint density at radius 2 is 1.44 bits per heavy atom. The first-order chi connectivity index (χ1) is 16.4. The summed E-state index contributed by atoms with van der Waals surface area (Å²) in [5, 5.41) is 0. The molecule has 0 aromatic heterocycles. The lowest BCUT2D eigenvalue weighted by atomic mass is 9.90. The van der Waals surface area contributed by atoms with Crippen LogP contribution in [0.2, 0.25) is 0 Å². The summed E-state index contributed by atoms with van der Waals surface area (Å²) < 4.78 is 28.9. The number of likely N-dealkylation sites (tertiary alicyclic amines) is 1. The highest BCUT2D eigenvalue weighted by molar-refractivity contribution is 7.89. The largest absolute Gasteiger partial charge is 0.341 e. The Hall–Kier alpha value is -2.96. The van der Waals surface area contributed by atoms with Gasteiger partial charge >= 0.3 is 0 Å². The fourth-order valence-corrected chi connectivity index (χ4v) is 5.72. The van der Waals surface area contributed by atoms with Crippen LogP contribution in [0.5, 0.6) is 0 Å². The summed E-state index contributed by atoms with van der Waals surface area (Å²) in [5.74, 6) is 0.376. The van der Waals surface area contributed by atoms with Gasteiger partial charge in [0.1, 0.15) is 6.04 Å². The lowest BCUT2D eigenvalue weighted by Crippen LogP contribution is -2.51. The maximum Gasteiger partial charge on any atom is 0.241 e. The van der Waals surface area contributed by atoms with Crippen LogP contribution in [0, 0.1) is 12.8 Å². The lowest BCUT2D eigenvalue weighted by molar-refractivity contribution is -0.134. The van der Waals surface area contributed by atoms with E-state index in [1.165, 1.54) is 5.56 Å². The number of amides is 1. The van der Waals surface area contributed by atoms with Gasteiger partial charge in [0.05, 0.1) is 4.90 Å². The van der Waals surface area contributed by atoms with Crippen molar-refractivity contribution in [1.29, 1.82) is 0 Å². The molecule has 0 saturated carbocycles. The topological polar surface area (TPSA) is 66.5 Å². The Balaban J connectivity index is 1.46. The number of carbonyl (C=O) groups excluding carboxylic acids is 1. The van der Waals surface area contributed by atoms with Gasteiger partial charge in [-0.05, 0) is 61.8 Å². The van der Waals surface area contributed by atoms with E-state index >= 15 is 0 Å². The van der Waals surface area contributed by atoms with Crippen molar-refractivity contribution in [3.05, 3.63) is 102 Å². The predicted octanol–water partition coefficient (Wildman–Crippen LogP) is 4.37. The van der Waals surface area contributed by atoms with Gasteiger partial charge in [0.25, 0.3) is 0 Å². The van der Waals surface area contributed by atoms with E-state index in [0.29, 0.717) is 25.4 Å². The van der Waals surface area contributed by atoms with Gasteiger partial charge in [-0.25, -0.2) is 8.42 Å². The molecule has 1 fully saturated rings. The van der Waals surface area contributed by atoms with Crippen molar-refractivity contribution in [2.24, 2.45) is 5.92 Å². The number of hydrogen-bond acceptors (Lipinski definition) is 3. The average molecular weight is 477 g/mol. The summed E-state index contributed by atoms with van der Waals surface area (Å²) in [7, 11) is -3.83. The molecule has 178 valence electrons. The van der Waals surface area contributed by atoms with Gasteiger partial charge in [0, 0.05) is 13.1 Å². The second-order valence-corrected chi connectivity index (χ2v) is 10.8. The van der Waals surface area contributed by atoms with Crippen molar-refractivity contribution in [3.63, 3.8) is 0 Å². The summed E-state index contributed by atoms with van der Waals surface area (Å²) in [6.07, 6.45) is 3.16. The zero-order valence-electron chi connectivity index (χ0n) is 19.6. The van der Waals surface area contributed by atoms with E-state index in [4.69, 9.17) is 0 Å². The monoisotopic (exact) mass is 476 g/mol. The maximum absolute atomic E-state index is 13.5. The molecule has 0 aliphatic carbocycles. The Labute approximate surface area is 202 Å². The minimum absolute atomic E-state index is 0.155. The smallest absolute Gasteiger partial charge is 0.241 e. The molecule has 0 unspecified atom stereocenters. The van der Waals surface area contributed by atoms with Gasteiger partial charge in [0.2, 0.25) is 15.9 Å². The number of rotatable bonds is 8. The molecule has 0 radical (unpaired) electrons. The molecule has 34 heavy (non-hydrogen) atoms. The van der Waals surface area contributed by atoms with Gasteiger partial charge in [-0.3, -0.25) is 4.79 Å². The number of piperidine rings is 1. The second kappa shape index (κ2) is 11.0. The predicted molar refractivity (Wildman–Crippen MR) is 135 cm³/mol. The SMILES string of the molecule is Cc1ccc(S(=O)(=O)N[C@@H](Cc2ccccc2)C(=O)N2CCC(Cc3ccccc3)CC2)cc1. The molecule has 3 aromatic carbocycles. The highest BCUT2D eigenvalue weighted by Gasteiger charge is 2.31. The normalized spacial score (nSPS) is 15.7. The molecule has 0 bridgehead atoms. The molecule has 0 spiro atoms. The zero-order valence-corrected chi connectivity index (χ0v) is 20.4. The molecule has 1 amide bonds. The summed E-state index contributed by atoms with van der Waals surface area (Å²) in [5.41, 5.74) is 3.22. The number of hydrogen-bond donors (Lipinski definition) is 1. The quantitative estimate of drug-likeness (QED) is 0.525. The van der Waals surface area contributed by atoms with Gasteiger partial charge in [-0.2, -0.15) is 4.72 Å². The minimum atomic E-state index is -3.83. The summed E-state index contributed by atoms with van der Waals surface area (Å²) in [4.78, 5) is 15.5. The Morgan fingerprint density at radius 3 is 2.03 bits per heavy atom. The lowest BCUT2D eigenvalue weighted by Gasteiger charge is -2.34. The van der Waals surface area contributed by atoms with Crippen LogP contribution in [0.3, 0.4) is 0 Å². The molecule has 1 aliphatic rings. The first-order valence-electron chi connectivity index (χ1n) is 11.9. The van der Waals surface area contributed by atoms with Gasteiger partial charge < -0.3 is 4.90 Å². The average Bonchev–Trinajstić information content (AvgIpc) is 2.85. The van der Waals surface area contributed by atoms with Crippen LogP contribution in [-0.4, -0.2) is 38.4 Å². The third-order valence-electron chi connectivity index (χ3n) is 6.50. The van der Waals surface area contributed by atoms with Crippen LogP contribution in [0.1, 0.15) is 29.5 Å². The van der Waals surface area contributed by atoms with Crippen LogP contribution in [0.15, 0.2) is 89.8 Å². The van der Waals surface area contributed by atoms with E-state index in [1.54, 1.807) is 24.3 Å². The summed E-state index contributed by atoms with van der Waals surface area (Å²) in [6.45, 7) is 3.20. The third kappa shape index (κ3) is 6.33. The number of aryl methyl sites for hydroxylation is 1. The molecule has 4 rings (SSSR count). The van der Waals surface area contributed by atoms with E-state index in [-0.39, 0.29) is 10.8 Å². The van der Waals surface area contributed by atoms with Crippen molar-refractivity contribution in [2.75, 3.05) is 13.1 Å². The summed E-state index contributed by atoms with van der Waals surface area (Å²) in [6, 6.07) is 25.8. The molecule has 1 aliphatic heterocycles. The van der Waals surface area contributed by atoms with Gasteiger partial charge in [-0.15, -0.1) is 0 Å². The molecular formula is C28H32N2O3S. The Kier molecular flexibility index (Phi) is 7.80. The second-order valence-electron chi connectivity index (χ2n) is 9.14. The number of nitrogens with zero attached hydrogens (tertiary/aromatic N) is 1. The van der Waals surface area contributed by atoms with Crippen LogP contribution < -0.4 is 4.72 Å². The van der Waals surface area contributed by atoms with Crippen LogP contribution in [0.4, 0.5) is 0 Å². The molecule has 6 heteroatoms. The molecule has 1 atom stereocenters. The first kappa shape index (κ1) is 24.2. The van der Waals surface area contributed by atoms with E-state index in [9.17, 15) is 13.2 Å². The number of carbonyl (C=O) groups is 1. The van der Waals surface area contributed by atoms with E-state index in [2.05, 4.69) is 29.0 Å². The van der Waals surface area contributed by atoms with Gasteiger partial charge in [0.15, 0.2) is 0 Å². The van der Waals surface area contributed by atoms with Gasteiger partial charge in [-0.1, -0.05) is 78.4 Å². The number of nitrogens with one attached hydrogen (secondary N) is 1. The van der Waals surface area contributed by atoms with Crippen LogP contribution in [0.25, 0.3) is 0 Å². The molecule has 3 aromatic rings. The fraction of sp³-hybridized carbons (Fsp3) is 0.321. The Bertz CT molecular complexity index is 1170. The molecule has 5 nitrogen and oxygen atoms in total. The summed E-state index contributed by atoms with van der Waals surface area (Å²) >= 11 is 0. The first-order valence-corrected chi connectivity index (χ1v) is 13.3. The van der Waals surface area contributed by atoms with E-state index < -0.39 is 16.1 Å². The Morgan fingerprint density at radius 1 is 0.882 bits per heavy atom. The molecule has 1 N–H and O–H groups in total.